The number of hydrogen-bond acceptors (Lipinski definition) is 3. The third kappa shape index (κ3) is 7.84. The molecule has 1 aliphatic rings. The van der Waals surface area contributed by atoms with E-state index in [0.29, 0.717) is 19.1 Å². The van der Waals surface area contributed by atoms with Crippen molar-refractivity contribution in [2.24, 2.45) is 4.99 Å². The van der Waals surface area contributed by atoms with Gasteiger partial charge in [0.1, 0.15) is 5.82 Å². The van der Waals surface area contributed by atoms with Crippen molar-refractivity contribution >= 4 is 11.9 Å². The molecule has 1 unspecified atom stereocenters. The van der Waals surface area contributed by atoms with Gasteiger partial charge in [-0.25, -0.2) is 4.39 Å². The molecule has 3 N–H and O–H groups in total. The predicted octanol–water partition coefficient (Wildman–Crippen LogP) is 1.91. The van der Waals surface area contributed by atoms with Gasteiger partial charge in [0.25, 0.3) is 0 Å². The Balaban J connectivity index is 1.59. The Hall–Kier alpha value is -2.15. The molecule has 28 heavy (non-hydrogen) atoms. The number of hydrogen-bond donors (Lipinski definition) is 3. The molecule has 0 aliphatic carbocycles. The van der Waals surface area contributed by atoms with Gasteiger partial charge in [-0.15, -0.1) is 0 Å². The molecule has 1 aliphatic heterocycles. The minimum Gasteiger partial charge on any atom is -0.355 e. The molecule has 1 aromatic carbocycles. The maximum atomic E-state index is 12.9. The number of rotatable bonds is 9. The molecule has 6 nitrogen and oxygen atoms in total. The van der Waals surface area contributed by atoms with E-state index in [-0.39, 0.29) is 18.1 Å². The van der Waals surface area contributed by atoms with Crippen LogP contribution in [0.25, 0.3) is 0 Å². The van der Waals surface area contributed by atoms with Crippen LogP contribution >= 0.6 is 0 Å². The minimum atomic E-state index is -0.294. The highest BCUT2D eigenvalue weighted by Crippen LogP contribution is 2.18. The van der Waals surface area contributed by atoms with E-state index >= 15 is 0 Å². The number of piperidine rings is 1. The lowest BCUT2D eigenvalue weighted by atomic mass is 10.0. The molecule has 1 saturated heterocycles. The van der Waals surface area contributed by atoms with Gasteiger partial charge in [-0.3, -0.25) is 14.7 Å². The van der Waals surface area contributed by atoms with Crippen LogP contribution in [0.1, 0.15) is 38.2 Å². The second-order valence-corrected chi connectivity index (χ2v) is 7.17. The SMILES string of the molecule is CCC1CCCCN1CCNC(=NC)NCCNC(=O)Cc1ccc(F)cc1. The van der Waals surface area contributed by atoms with Crippen LogP contribution in [0.5, 0.6) is 0 Å². The third-order valence-corrected chi connectivity index (χ3v) is 5.15. The Bertz CT molecular complexity index is 620. The van der Waals surface area contributed by atoms with E-state index in [1.54, 1.807) is 19.2 Å². The quantitative estimate of drug-likeness (QED) is 0.342. The normalized spacial score (nSPS) is 18.0. The molecular weight excluding hydrogens is 357 g/mol. The van der Waals surface area contributed by atoms with E-state index in [4.69, 9.17) is 0 Å². The van der Waals surface area contributed by atoms with E-state index in [1.807, 2.05) is 0 Å². The number of carbonyl (C=O) groups excluding carboxylic acids is 1. The first-order chi connectivity index (χ1) is 13.6. The summed E-state index contributed by atoms with van der Waals surface area (Å²) < 4.78 is 12.9. The number of nitrogens with zero attached hydrogens (tertiary/aromatic N) is 2. The first-order valence-corrected chi connectivity index (χ1v) is 10.3. The second kappa shape index (κ2) is 12.3. The van der Waals surface area contributed by atoms with Crippen molar-refractivity contribution in [3.8, 4) is 0 Å². The van der Waals surface area contributed by atoms with Gasteiger partial charge in [0, 0.05) is 39.3 Å². The van der Waals surface area contributed by atoms with Gasteiger partial charge in [-0.05, 0) is 43.5 Å². The summed E-state index contributed by atoms with van der Waals surface area (Å²) in [5, 5.41) is 9.42. The van der Waals surface area contributed by atoms with Crippen molar-refractivity contribution in [1.29, 1.82) is 0 Å². The molecular formula is C21H34FN5O. The monoisotopic (exact) mass is 391 g/mol. The molecule has 1 fully saturated rings. The molecule has 0 bridgehead atoms. The van der Waals surface area contributed by atoms with Crippen LogP contribution in [0.4, 0.5) is 4.39 Å². The molecule has 1 aromatic rings. The maximum absolute atomic E-state index is 12.9. The van der Waals surface area contributed by atoms with Crippen LogP contribution in [0.15, 0.2) is 29.3 Å². The van der Waals surface area contributed by atoms with E-state index < -0.39 is 0 Å². The van der Waals surface area contributed by atoms with Crippen LogP contribution < -0.4 is 16.0 Å². The lowest BCUT2D eigenvalue weighted by molar-refractivity contribution is -0.120. The van der Waals surface area contributed by atoms with Crippen LogP contribution in [0.3, 0.4) is 0 Å². The van der Waals surface area contributed by atoms with Crippen molar-refractivity contribution in [1.82, 2.24) is 20.9 Å². The molecule has 0 aromatic heterocycles. The van der Waals surface area contributed by atoms with Gasteiger partial charge in [0.2, 0.25) is 5.91 Å². The summed E-state index contributed by atoms with van der Waals surface area (Å²) in [6, 6.07) is 6.70. The van der Waals surface area contributed by atoms with Crippen molar-refractivity contribution in [3.05, 3.63) is 35.6 Å². The van der Waals surface area contributed by atoms with E-state index in [9.17, 15) is 9.18 Å². The largest absolute Gasteiger partial charge is 0.355 e. The Morgan fingerprint density at radius 3 is 2.57 bits per heavy atom. The zero-order chi connectivity index (χ0) is 20.2. The highest BCUT2D eigenvalue weighted by Gasteiger charge is 2.19. The number of amides is 1. The number of guanidine groups is 1. The Kier molecular flexibility index (Phi) is 9.76. The van der Waals surface area contributed by atoms with Crippen molar-refractivity contribution < 1.29 is 9.18 Å². The number of likely N-dealkylation sites (tertiary alicyclic amines) is 1. The molecule has 0 saturated carbocycles. The number of nitrogens with one attached hydrogen (secondary N) is 3. The number of carbonyl (C=O) groups is 1. The summed E-state index contributed by atoms with van der Waals surface area (Å²) >= 11 is 0. The topological polar surface area (TPSA) is 68.8 Å². The first kappa shape index (κ1) is 22.1. The van der Waals surface area contributed by atoms with Crippen LogP contribution in [-0.4, -0.2) is 62.6 Å². The molecule has 1 heterocycles. The van der Waals surface area contributed by atoms with Crippen molar-refractivity contribution in [2.75, 3.05) is 39.8 Å². The fraction of sp³-hybridized carbons (Fsp3) is 0.619. The smallest absolute Gasteiger partial charge is 0.224 e. The van der Waals surface area contributed by atoms with Gasteiger partial charge >= 0.3 is 0 Å². The average Bonchev–Trinajstić information content (AvgIpc) is 2.71. The fourth-order valence-electron chi connectivity index (χ4n) is 3.59. The lowest BCUT2D eigenvalue weighted by Gasteiger charge is -2.35. The van der Waals surface area contributed by atoms with Gasteiger partial charge in [0.15, 0.2) is 5.96 Å². The van der Waals surface area contributed by atoms with E-state index in [2.05, 4.69) is 32.8 Å². The predicted molar refractivity (Wildman–Crippen MR) is 112 cm³/mol. The average molecular weight is 392 g/mol. The summed E-state index contributed by atoms with van der Waals surface area (Å²) in [7, 11) is 1.75. The summed E-state index contributed by atoms with van der Waals surface area (Å²) in [6.45, 7) is 6.43. The van der Waals surface area contributed by atoms with E-state index in [1.165, 1.54) is 44.4 Å². The summed E-state index contributed by atoms with van der Waals surface area (Å²) in [5.41, 5.74) is 0.799. The standard InChI is InChI=1S/C21H34FN5O/c1-3-19-6-4-5-14-27(19)15-13-26-21(23-2)25-12-11-24-20(28)16-17-7-9-18(22)10-8-17/h7-10,19H,3-6,11-16H2,1-2H3,(H,24,28)(H2,23,25,26). The van der Waals surface area contributed by atoms with Gasteiger partial charge in [-0.2, -0.15) is 0 Å². The number of halogens is 1. The summed E-state index contributed by atoms with van der Waals surface area (Å²) in [6.07, 6.45) is 5.41. The Morgan fingerprint density at radius 1 is 1.14 bits per heavy atom. The van der Waals surface area contributed by atoms with Crippen LogP contribution in [0.2, 0.25) is 0 Å². The molecule has 0 spiro atoms. The molecule has 7 heteroatoms. The third-order valence-electron chi connectivity index (χ3n) is 5.15. The number of benzene rings is 1. The fourth-order valence-corrected chi connectivity index (χ4v) is 3.59. The van der Waals surface area contributed by atoms with Gasteiger partial charge < -0.3 is 16.0 Å². The van der Waals surface area contributed by atoms with E-state index in [0.717, 1.165) is 24.6 Å². The second-order valence-electron chi connectivity index (χ2n) is 7.17. The number of aliphatic imine (C=N–C) groups is 1. The molecule has 2 rings (SSSR count). The van der Waals surface area contributed by atoms with Crippen LogP contribution in [-0.2, 0) is 11.2 Å². The summed E-state index contributed by atoms with van der Waals surface area (Å²) in [4.78, 5) is 18.7. The lowest BCUT2D eigenvalue weighted by Crippen LogP contribution is -2.47. The highest BCUT2D eigenvalue weighted by molar-refractivity contribution is 5.80. The molecule has 1 amide bonds. The summed E-state index contributed by atoms with van der Waals surface area (Å²) in [5.74, 6) is 0.377. The Labute approximate surface area is 168 Å². The minimum absolute atomic E-state index is 0.0768. The van der Waals surface area contributed by atoms with Crippen molar-refractivity contribution in [3.63, 3.8) is 0 Å². The molecule has 156 valence electrons. The maximum Gasteiger partial charge on any atom is 0.224 e. The molecule has 0 radical (unpaired) electrons. The van der Waals surface area contributed by atoms with Crippen LogP contribution in [0, 0.1) is 5.82 Å². The highest BCUT2D eigenvalue weighted by atomic mass is 19.1. The van der Waals surface area contributed by atoms with Gasteiger partial charge in [0.05, 0.1) is 6.42 Å². The molecule has 1 atom stereocenters. The van der Waals surface area contributed by atoms with Crippen molar-refractivity contribution in [2.45, 2.75) is 45.1 Å². The Morgan fingerprint density at radius 2 is 1.86 bits per heavy atom. The zero-order valence-corrected chi connectivity index (χ0v) is 17.1. The van der Waals surface area contributed by atoms with Gasteiger partial charge in [-0.1, -0.05) is 25.5 Å². The first-order valence-electron chi connectivity index (χ1n) is 10.3. The zero-order valence-electron chi connectivity index (χ0n) is 17.1.